The summed E-state index contributed by atoms with van der Waals surface area (Å²) in [7, 11) is 0. The summed E-state index contributed by atoms with van der Waals surface area (Å²) in [5.41, 5.74) is 6.21. The highest BCUT2D eigenvalue weighted by molar-refractivity contribution is 5.97. The Morgan fingerprint density at radius 1 is 1.26 bits per heavy atom. The van der Waals surface area contributed by atoms with E-state index in [2.05, 4.69) is 10.6 Å². The van der Waals surface area contributed by atoms with Gasteiger partial charge < -0.3 is 16.4 Å². The first-order chi connectivity index (χ1) is 9.16. The lowest BCUT2D eigenvalue weighted by Crippen LogP contribution is -2.39. The second-order valence-electron chi connectivity index (χ2n) is 4.79. The molecule has 19 heavy (non-hydrogen) atoms. The van der Waals surface area contributed by atoms with E-state index in [-0.39, 0.29) is 11.9 Å². The van der Waals surface area contributed by atoms with Gasteiger partial charge >= 0.3 is 0 Å². The molecule has 0 aliphatic carbocycles. The zero-order chi connectivity index (χ0) is 13.7. The predicted molar refractivity (Wildman–Crippen MR) is 73.8 cm³/mol. The van der Waals surface area contributed by atoms with E-state index in [1.54, 1.807) is 24.3 Å². The van der Waals surface area contributed by atoms with E-state index in [9.17, 15) is 9.59 Å². The minimum atomic E-state index is -0.497. The van der Waals surface area contributed by atoms with Gasteiger partial charge in [-0.15, -0.1) is 0 Å². The summed E-state index contributed by atoms with van der Waals surface area (Å²) in [4.78, 5) is 23.2. The van der Waals surface area contributed by atoms with Crippen molar-refractivity contribution in [2.75, 3.05) is 11.9 Å². The number of primary amides is 1. The fourth-order valence-corrected chi connectivity index (χ4v) is 2.23. The molecule has 102 valence electrons. The molecular formula is C14H19N3O2. The number of carbonyl (C=O) groups excluding carboxylic acids is 2. The van der Waals surface area contributed by atoms with E-state index < -0.39 is 5.91 Å². The van der Waals surface area contributed by atoms with Crippen LogP contribution < -0.4 is 16.4 Å². The second kappa shape index (κ2) is 6.33. The first-order valence-corrected chi connectivity index (χ1v) is 6.61. The Balaban J connectivity index is 2.01. The van der Waals surface area contributed by atoms with Gasteiger partial charge in [0.1, 0.15) is 0 Å². The normalized spacial score (nSPS) is 19.5. The average molecular weight is 261 g/mol. The molecule has 0 bridgehead atoms. The van der Waals surface area contributed by atoms with Gasteiger partial charge in [0.25, 0.3) is 0 Å². The predicted octanol–water partition coefficient (Wildman–Crippen LogP) is 1.26. The standard InChI is InChI=1S/C14H19N3O2/c15-13(18)10-5-4-6-11(9-10)17-14(19)12-7-2-1-3-8-16-12/h4-6,9,12,16H,1-3,7-8H2,(H2,15,18)(H,17,19). The maximum absolute atomic E-state index is 12.1. The zero-order valence-electron chi connectivity index (χ0n) is 10.8. The van der Waals surface area contributed by atoms with Gasteiger partial charge in [0.2, 0.25) is 11.8 Å². The summed E-state index contributed by atoms with van der Waals surface area (Å²) in [6, 6.07) is 6.52. The van der Waals surface area contributed by atoms with Crippen molar-refractivity contribution in [3.8, 4) is 0 Å². The van der Waals surface area contributed by atoms with Crippen LogP contribution in [0.25, 0.3) is 0 Å². The van der Waals surface area contributed by atoms with Crippen molar-refractivity contribution in [1.29, 1.82) is 0 Å². The van der Waals surface area contributed by atoms with Crippen molar-refractivity contribution >= 4 is 17.5 Å². The van der Waals surface area contributed by atoms with E-state index in [1.165, 1.54) is 0 Å². The molecule has 1 aromatic carbocycles. The summed E-state index contributed by atoms with van der Waals surface area (Å²) in [5.74, 6) is -0.549. The molecule has 1 aromatic rings. The topological polar surface area (TPSA) is 84.2 Å². The first kappa shape index (κ1) is 13.5. The Kier molecular flexibility index (Phi) is 4.52. The highest BCUT2D eigenvalue weighted by Crippen LogP contribution is 2.13. The van der Waals surface area contributed by atoms with E-state index in [4.69, 9.17) is 5.73 Å². The fourth-order valence-electron chi connectivity index (χ4n) is 2.23. The van der Waals surface area contributed by atoms with Crippen LogP contribution in [-0.2, 0) is 4.79 Å². The third kappa shape index (κ3) is 3.79. The molecule has 2 amide bonds. The summed E-state index contributed by atoms with van der Waals surface area (Å²) in [5, 5.41) is 6.06. The Morgan fingerprint density at radius 3 is 2.89 bits per heavy atom. The third-order valence-corrected chi connectivity index (χ3v) is 3.29. The van der Waals surface area contributed by atoms with Crippen LogP contribution in [0, 0.1) is 0 Å². The van der Waals surface area contributed by atoms with Crippen molar-refractivity contribution in [1.82, 2.24) is 5.32 Å². The molecule has 1 atom stereocenters. The lowest BCUT2D eigenvalue weighted by atomic mass is 10.1. The van der Waals surface area contributed by atoms with Crippen LogP contribution in [-0.4, -0.2) is 24.4 Å². The maximum Gasteiger partial charge on any atom is 0.248 e. The number of hydrogen-bond donors (Lipinski definition) is 3. The van der Waals surface area contributed by atoms with Crippen LogP contribution in [0.2, 0.25) is 0 Å². The fraction of sp³-hybridized carbons (Fsp3) is 0.429. The summed E-state index contributed by atoms with van der Waals surface area (Å²) in [6.07, 6.45) is 4.18. The number of anilines is 1. The number of rotatable bonds is 3. The number of amides is 2. The molecule has 5 nitrogen and oxygen atoms in total. The van der Waals surface area contributed by atoms with E-state index in [0.717, 1.165) is 32.2 Å². The van der Waals surface area contributed by atoms with Crippen LogP contribution in [0.1, 0.15) is 36.0 Å². The number of nitrogens with one attached hydrogen (secondary N) is 2. The van der Waals surface area contributed by atoms with Crippen molar-refractivity contribution in [3.05, 3.63) is 29.8 Å². The molecule has 1 saturated heterocycles. The van der Waals surface area contributed by atoms with Crippen LogP contribution in [0.5, 0.6) is 0 Å². The Morgan fingerprint density at radius 2 is 2.11 bits per heavy atom. The molecule has 1 aliphatic heterocycles. The van der Waals surface area contributed by atoms with Gasteiger partial charge in [0.15, 0.2) is 0 Å². The number of benzene rings is 1. The van der Waals surface area contributed by atoms with Crippen LogP contribution in [0.15, 0.2) is 24.3 Å². The van der Waals surface area contributed by atoms with Gasteiger partial charge in [-0.05, 0) is 37.6 Å². The average Bonchev–Trinajstić information content (AvgIpc) is 2.68. The minimum absolute atomic E-state index is 0.0523. The molecule has 2 rings (SSSR count). The largest absolute Gasteiger partial charge is 0.366 e. The molecule has 0 saturated carbocycles. The van der Waals surface area contributed by atoms with Gasteiger partial charge in [-0.3, -0.25) is 9.59 Å². The summed E-state index contributed by atoms with van der Waals surface area (Å²) < 4.78 is 0. The molecule has 0 radical (unpaired) electrons. The first-order valence-electron chi connectivity index (χ1n) is 6.61. The van der Waals surface area contributed by atoms with E-state index in [1.807, 2.05) is 0 Å². The molecule has 0 spiro atoms. The second-order valence-corrected chi connectivity index (χ2v) is 4.79. The van der Waals surface area contributed by atoms with E-state index >= 15 is 0 Å². The Hall–Kier alpha value is -1.88. The summed E-state index contributed by atoms with van der Waals surface area (Å²) >= 11 is 0. The van der Waals surface area contributed by atoms with Crippen molar-refractivity contribution in [2.24, 2.45) is 5.73 Å². The van der Waals surface area contributed by atoms with Gasteiger partial charge in [-0.2, -0.15) is 0 Å². The monoisotopic (exact) mass is 261 g/mol. The van der Waals surface area contributed by atoms with Crippen LogP contribution in [0.3, 0.4) is 0 Å². The van der Waals surface area contributed by atoms with Crippen molar-refractivity contribution in [3.63, 3.8) is 0 Å². The molecule has 1 fully saturated rings. The lowest BCUT2D eigenvalue weighted by molar-refractivity contribution is -0.118. The molecule has 0 aromatic heterocycles. The quantitative estimate of drug-likeness (QED) is 0.765. The highest BCUT2D eigenvalue weighted by atomic mass is 16.2. The molecule has 5 heteroatoms. The molecular weight excluding hydrogens is 242 g/mol. The molecule has 1 aliphatic rings. The summed E-state index contributed by atoms with van der Waals surface area (Å²) in [6.45, 7) is 0.874. The van der Waals surface area contributed by atoms with Crippen molar-refractivity contribution < 1.29 is 9.59 Å². The van der Waals surface area contributed by atoms with Crippen molar-refractivity contribution in [2.45, 2.75) is 31.7 Å². The van der Waals surface area contributed by atoms with Crippen LogP contribution >= 0.6 is 0 Å². The smallest absolute Gasteiger partial charge is 0.248 e. The number of carbonyl (C=O) groups is 2. The van der Waals surface area contributed by atoms with E-state index in [0.29, 0.717) is 11.3 Å². The number of nitrogens with two attached hydrogens (primary N) is 1. The van der Waals surface area contributed by atoms with Gasteiger partial charge in [0, 0.05) is 11.3 Å². The lowest BCUT2D eigenvalue weighted by Gasteiger charge is -2.15. The SMILES string of the molecule is NC(=O)c1cccc(NC(=O)C2CCCCCN2)c1. The minimum Gasteiger partial charge on any atom is -0.366 e. The third-order valence-electron chi connectivity index (χ3n) is 3.29. The molecule has 4 N–H and O–H groups in total. The van der Waals surface area contributed by atoms with Gasteiger partial charge in [0.05, 0.1) is 6.04 Å². The molecule has 1 heterocycles. The highest BCUT2D eigenvalue weighted by Gasteiger charge is 2.19. The Bertz CT molecular complexity index is 466. The van der Waals surface area contributed by atoms with Gasteiger partial charge in [-0.25, -0.2) is 0 Å². The van der Waals surface area contributed by atoms with Gasteiger partial charge in [-0.1, -0.05) is 18.9 Å². The molecule has 1 unspecified atom stereocenters. The maximum atomic E-state index is 12.1. The zero-order valence-corrected chi connectivity index (χ0v) is 10.8. The Labute approximate surface area is 112 Å². The number of hydrogen-bond acceptors (Lipinski definition) is 3. The van der Waals surface area contributed by atoms with Crippen LogP contribution in [0.4, 0.5) is 5.69 Å².